The van der Waals surface area contributed by atoms with Crippen LogP contribution >= 0.6 is 0 Å². The van der Waals surface area contributed by atoms with Gasteiger partial charge in [0.2, 0.25) is 5.75 Å². The number of hydrogen-bond donors (Lipinski definition) is 3. The van der Waals surface area contributed by atoms with Crippen LogP contribution in [0.2, 0.25) is 0 Å². The normalized spacial score (nSPS) is 19.5. The fraction of sp³-hybridized carbons (Fsp3) is 0.222. The summed E-state index contributed by atoms with van der Waals surface area (Å²) < 4.78 is 10.8. The van der Waals surface area contributed by atoms with Crippen molar-refractivity contribution in [3.8, 4) is 17.2 Å². The van der Waals surface area contributed by atoms with E-state index in [1.54, 1.807) is 12.1 Å². The molecule has 0 fully saturated rings. The molecule has 1 aliphatic carbocycles. The van der Waals surface area contributed by atoms with Crippen LogP contribution in [0.3, 0.4) is 0 Å². The Kier molecular flexibility index (Phi) is 5.42. The van der Waals surface area contributed by atoms with Gasteiger partial charge < -0.3 is 25.2 Å². The van der Waals surface area contributed by atoms with E-state index in [0.29, 0.717) is 23.5 Å². The lowest BCUT2D eigenvalue weighted by Crippen LogP contribution is -2.27. The highest BCUT2D eigenvalue weighted by Crippen LogP contribution is 2.47. The first-order valence-corrected chi connectivity index (χ1v) is 11.0. The van der Waals surface area contributed by atoms with Gasteiger partial charge in [0.05, 0.1) is 31.6 Å². The largest absolute Gasteiger partial charge is 0.502 e. The van der Waals surface area contributed by atoms with Crippen LogP contribution in [0, 0.1) is 0 Å². The molecule has 33 heavy (non-hydrogen) atoms. The van der Waals surface area contributed by atoms with Crippen LogP contribution in [0.1, 0.15) is 35.9 Å². The Hall–Kier alpha value is -3.93. The smallest absolute Gasteiger partial charge is 0.200 e. The third-order valence-electron chi connectivity index (χ3n) is 6.42. The van der Waals surface area contributed by atoms with Crippen LogP contribution in [0.4, 0.5) is 11.4 Å². The van der Waals surface area contributed by atoms with Crippen molar-refractivity contribution in [1.29, 1.82) is 0 Å². The molecule has 3 aromatic rings. The van der Waals surface area contributed by atoms with Crippen LogP contribution in [-0.2, 0) is 4.79 Å². The molecule has 2 atom stereocenters. The lowest BCUT2D eigenvalue weighted by Gasteiger charge is -2.30. The fourth-order valence-corrected chi connectivity index (χ4v) is 4.78. The van der Waals surface area contributed by atoms with Gasteiger partial charge in [-0.1, -0.05) is 42.5 Å². The molecule has 1 heterocycles. The maximum atomic E-state index is 13.6. The summed E-state index contributed by atoms with van der Waals surface area (Å²) in [4.78, 5) is 13.6. The number of rotatable bonds is 4. The maximum absolute atomic E-state index is 13.6. The standard InChI is InChI=1S/C27H26N2O4/c1-32-23-14-18(15-24(33-2)27(23)31)26-25-21(28-19-10-6-7-11-20(19)29-26)12-17(13-22(25)30)16-8-4-3-5-9-16/h3-11,14-15,17,26,28-29,31H,12-13H2,1-2H3. The molecule has 6 heteroatoms. The number of ketones is 1. The SMILES string of the molecule is COc1cc(C2Nc3ccccc3NC3=C2C(=O)CC(c2ccccc2)C3)cc(OC)c1O. The quantitative estimate of drug-likeness (QED) is 0.503. The van der Waals surface area contributed by atoms with Gasteiger partial charge in [-0.3, -0.25) is 4.79 Å². The van der Waals surface area contributed by atoms with Gasteiger partial charge in [0.15, 0.2) is 17.3 Å². The molecule has 6 nitrogen and oxygen atoms in total. The zero-order chi connectivity index (χ0) is 22.9. The molecule has 2 unspecified atom stereocenters. The number of benzene rings is 3. The number of nitrogens with one attached hydrogen (secondary N) is 2. The summed E-state index contributed by atoms with van der Waals surface area (Å²) in [6.45, 7) is 0. The van der Waals surface area contributed by atoms with Crippen molar-refractivity contribution in [2.45, 2.75) is 24.8 Å². The molecule has 0 spiro atoms. The van der Waals surface area contributed by atoms with E-state index in [0.717, 1.165) is 34.6 Å². The van der Waals surface area contributed by atoms with Gasteiger partial charge in [0.1, 0.15) is 0 Å². The number of hydrogen-bond acceptors (Lipinski definition) is 6. The number of allylic oxidation sites excluding steroid dienone is 1. The van der Waals surface area contributed by atoms with Gasteiger partial charge in [-0.15, -0.1) is 0 Å². The molecule has 0 bridgehead atoms. The molecule has 0 aromatic heterocycles. The monoisotopic (exact) mass is 442 g/mol. The zero-order valence-electron chi connectivity index (χ0n) is 18.6. The second kappa shape index (κ2) is 8.54. The Morgan fingerprint density at radius 3 is 2.15 bits per heavy atom. The summed E-state index contributed by atoms with van der Waals surface area (Å²) >= 11 is 0. The molecule has 0 saturated heterocycles. The van der Waals surface area contributed by atoms with Crippen molar-refractivity contribution in [3.63, 3.8) is 0 Å². The highest BCUT2D eigenvalue weighted by atomic mass is 16.5. The van der Waals surface area contributed by atoms with E-state index in [1.807, 2.05) is 42.5 Å². The number of carbonyl (C=O) groups excluding carboxylic acids is 1. The molecular formula is C27H26N2O4. The zero-order valence-corrected chi connectivity index (χ0v) is 18.6. The lowest BCUT2D eigenvalue weighted by atomic mass is 9.78. The molecule has 168 valence electrons. The average molecular weight is 443 g/mol. The predicted octanol–water partition coefficient (Wildman–Crippen LogP) is 5.39. The van der Waals surface area contributed by atoms with E-state index in [-0.39, 0.29) is 17.5 Å². The number of phenols is 1. The maximum Gasteiger partial charge on any atom is 0.200 e. The number of phenolic OH excluding ortho intramolecular Hbond substituents is 1. The molecule has 2 aliphatic rings. The second-order valence-corrected chi connectivity index (χ2v) is 8.35. The van der Waals surface area contributed by atoms with Crippen LogP contribution < -0.4 is 20.1 Å². The van der Waals surface area contributed by atoms with Gasteiger partial charge in [-0.05, 0) is 47.7 Å². The summed E-state index contributed by atoms with van der Waals surface area (Å²) in [6.07, 6.45) is 1.16. The highest BCUT2D eigenvalue weighted by molar-refractivity contribution is 6.01. The Labute approximate surface area is 192 Å². The van der Waals surface area contributed by atoms with Crippen molar-refractivity contribution >= 4 is 17.2 Å². The number of carbonyl (C=O) groups is 1. The Morgan fingerprint density at radius 2 is 1.48 bits per heavy atom. The number of aromatic hydroxyl groups is 1. The number of anilines is 2. The van der Waals surface area contributed by atoms with E-state index in [2.05, 4.69) is 22.8 Å². The molecule has 0 saturated carbocycles. The van der Waals surface area contributed by atoms with Crippen LogP contribution in [0.15, 0.2) is 78.0 Å². The van der Waals surface area contributed by atoms with Crippen molar-refractivity contribution in [2.75, 3.05) is 24.9 Å². The Balaban J connectivity index is 1.65. The number of para-hydroxylation sites is 2. The van der Waals surface area contributed by atoms with Crippen molar-refractivity contribution < 1.29 is 19.4 Å². The summed E-state index contributed by atoms with van der Waals surface area (Å²) in [5, 5.41) is 17.5. The third-order valence-corrected chi connectivity index (χ3v) is 6.42. The van der Waals surface area contributed by atoms with Crippen molar-refractivity contribution in [2.24, 2.45) is 0 Å². The molecule has 3 aromatic carbocycles. The van der Waals surface area contributed by atoms with E-state index >= 15 is 0 Å². The fourth-order valence-electron chi connectivity index (χ4n) is 4.78. The van der Waals surface area contributed by atoms with Gasteiger partial charge in [-0.25, -0.2) is 0 Å². The van der Waals surface area contributed by atoms with E-state index in [9.17, 15) is 9.90 Å². The molecule has 3 N–H and O–H groups in total. The van der Waals surface area contributed by atoms with Crippen LogP contribution in [0.25, 0.3) is 0 Å². The van der Waals surface area contributed by atoms with Crippen molar-refractivity contribution in [1.82, 2.24) is 0 Å². The van der Waals surface area contributed by atoms with E-state index < -0.39 is 6.04 Å². The predicted molar refractivity (Wildman–Crippen MR) is 128 cm³/mol. The van der Waals surface area contributed by atoms with Crippen LogP contribution in [-0.4, -0.2) is 25.1 Å². The number of methoxy groups -OCH3 is 2. The van der Waals surface area contributed by atoms with Gasteiger partial charge in [-0.2, -0.15) is 0 Å². The number of Topliss-reactive ketones (excluding diaryl/α,β-unsaturated/α-hetero) is 1. The van der Waals surface area contributed by atoms with Crippen molar-refractivity contribution in [3.05, 3.63) is 89.1 Å². The minimum absolute atomic E-state index is 0.0655. The first-order chi connectivity index (χ1) is 16.1. The summed E-state index contributed by atoms with van der Waals surface area (Å²) in [6, 6.07) is 21.2. The average Bonchev–Trinajstić information content (AvgIpc) is 3.01. The first-order valence-electron chi connectivity index (χ1n) is 11.0. The van der Waals surface area contributed by atoms with E-state index in [1.165, 1.54) is 14.2 Å². The van der Waals surface area contributed by atoms with E-state index in [4.69, 9.17) is 9.47 Å². The molecule has 0 amide bonds. The molecule has 5 rings (SSSR count). The topological polar surface area (TPSA) is 79.8 Å². The summed E-state index contributed by atoms with van der Waals surface area (Å²) in [5.41, 5.74) is 5.37. The summed E-state index contributed by atoms with van der Waals surface area (Å²) in [7, 11) is 2.99. The minimum atomic E-state index is -0.427. The molecule has 0 radical (unpaired) electrons. The highest BCUT2D eigenvalue weighted by Gasteiger charge is 2.36. The van der Waals surface area contributed by atoms with Gasteiger partial charge in [0, 0.05) is 17.7 Å². The lowest BCUT2D eigenvalue weighted by molar-refractivity contribution is -0.116. The van der Waals surface area contributed by atoms with Crippen LogP contribution in [0.5, 0.6) is 17.2 Å². The summed E-state index contributed by atoms with van der Waals surface area (Å²) in [5.74, 6) is 0.728. The number of fused-ring (bicyclic) bond motifs is 1. The first kappa shape index (κ1) is 20.9. The molecular weight excluding hydrogens is 416 g/mol. The van der Waals surface area contributed by atoms with Gasteiger partial charge >= 0.3 is 0 Å². The molecule has 1 aliphatic heterocycles. The number of ether oxygens (including phenoxy) is 2. The van der Waals surface area contributed by atoms with Gasteiger partial charge in [0.25, 0.3) is 0 Å². The Bertz CT molecular complexity index is 1210. The third kappa shape index (κ3) is 3.78. The second-order valence-electron chi connectivity index (χ2n) is 8.35. The Morgan fingerprint density at radius 1 is 0.848 bits per heavy atom. The minimum Gasteiger partial charge on any atom is -0.502 e.